The summed E-state index contributed by atoms with van der Waals surface area (Å²) >= 11 is 0. The molecule has 1 aromatic rings. The Kier molecular flexibility index (Phi) is 4.71. The van der Waals surface area contributed by atoms with Gasteiger partial charge in [0.05, 0.1) is 18.3 Å². The maximum atomic E-state index is 5.18. The van der Waals surface area contributed by atoms with Crippen LogP contribution in [0.1, 0.15) is 37.7 Å². The van der Waals surface area contributed by atoms with Gasteiger partial charge in [0.15, 0.2) is 0 Å². The Hall–Kier alpha value is -0.940. The summed E-state index contributed by atoms with van der Waals surface area (Å²) in [4.78, 5) is 0. The van der Waals surface area contributed by atoms with E-state index in [1.807, 2.05) is 11.7 Å². The van der Waals surface area contributed by atoms with Gasteiger partial charge < -0.3 is 10.1 Å². The first kappa shape index (κ1) is 12.1. The summed E-state index contributed by atoms with van der Waals surface area (Å²) in [5.74, 6) is 0. The van der Waals surface area contributed by atoms with E-state index in [0.29, 0.717) is 12.6 Å². The summed E-state index contributed by atoms with van der Waals surface area (Å²) in [6, 6.07) is 0.369. The molecule has 1 rings (SSSR count). The first-order valence-corrected chi connectivity index (χ1v) is 5.31. The number of hydrogen-bond acceptors (Lipinski definition) is 4. The minimum absolute atomic E-state index is 0.369. The van der Waals surface area contributed by atoms with Crippen molar-refractivity contribution in [3.63, 3.8) is 0 Å². The Bertz CT molecular complexity index is 298. The van der Waals surface area contributed by atoms with Gasteiger partial charge in [-0.05, 0) is 20.4 Å². The lowest BCUT2D eigenvalue weighted by Gasteiger charge is -2.12. The summed E-state index contributed by atoms with van der Waals surface area (Å²) < 4.78 is 7.13. The molecule has 1 aromatic heterocycles. The second-order valence-corrected chi connectivity index (χ2v) is 3.65. The fourth-order valence-corrected chi connectivity index (χ4v) is 1.46. The lowest BCUT2D eigenvalue weighted by Crippen LogP contribution is -2.13. The highest BCUT2D eigenvalue weighted by Crippen LogP contribution is 2.15. The van der Waals surface area contributed by atoms with Crippen molar-refractivity contribution in [1.29, 1.82) is 0 Å². The van der Waals surface area contributed by atoms with E-state index < -0.39 is 0 Å². The molecular formula is C10H20N4O. The summed E-state index contributed by atoms with van der Waals surface area (Å²) in [5, 5.41) is 11.4. The van der Waals surface area contributed by atoms with Crippen LogP contribution in [0.4, 0.5) is 0 Å². The average Bonchev–Trinajstić information content (AvgIpc) is 2.62. The third kappa shape index (κ3) is 2.76. The number of aromatic nitrogens is 3. The molecule has 0 radical (unpaired) electrons. The fraction of sp³-hybridized carbons (Fsp3) is 0.800. The van der Waals surface area contributed by atoms with Crippen LogP contribution in [0.2, 0.25) is 0 Å². The molecule has 5 heteroatoms. The molecule has 0 bridgehead atoms. The molecule has 0 saturated carbocycles. The van der Waals surface area contributed by atoms with Crippen LogP contribution in [0.5, 0.6) is 0 Å². The van der Waals surface area contributed by atoms with Crippen LogP contribution < -0.4 is 5.32 Å². The van der Waals surface area contributed by atoms with Gasteiger partial charge >= 0.3 is 0 Å². The number of methoxy groups -OCH3 is 1. The maximum Gasteiger partial charge on any atom is 0.102 e. The standard InChI is InChI=1S/C10H20N4O/c1-5-8(2)14-10(7-15-4)9(6-11-3)12-13-14/h8,11H,5-7H2,1-4H3. The van der Waals surface area contributed by atoms with E-state index in [1.165, 1.54) is 0 Å². The third-order valence-corrected chi connectivity index (χ3v) is 2.51. The summed E-state index contributed by atoms with van der Waals surface area (Å²) in [6.07, 6.45) is 1.04. The molecule has 1 atom stereocenters. The minimum Gasteiger partial charge on any atom is -0.378 e. The van der Waals surface area contributed by atoms with Gasteiger partial charge in [0.1, 0.15) is 5.69 Å². The minimum atomic E-state index is 0.369. The maximum absolute atomic E-state index is 5.18. The molecule has 1 unspecified atom stereocenters. The second kappa shape index (κ2) is 5.82. The zero-order valence-corrected chi connectivity index (χ0v) is 9.95. The number of rotatable bonds is 6. The van der Waals surface area contributed by atoms with Gasteiger partial charge in [-0.15, -0.1) is 5.10 Å². The second-order valence-electron chi connectivity index (χ2n) is 3.65. The fourth-order valence-electron chi connectivity index (χ4n) is 1.46. The van der Waals surface area contributed by atoms with Gasteiger partial charge in [-0.1, -0.05) is 12.1 Å². The molecule has 1 N–H and O–H groups in total. The summed E-state index contributed by atoms with van der Waals surface area (Å²) in [7, 11) is 3.59. The molecular weight excluding hydrogens is 192 g/mol. The first-order chi connectivity index (χ1) is 7.24. The Morgan fingerprint density at radius 3 is 2.80 bits per heavy atom. The van der Waals surface area contributed by atoms with Crippen LogP contribution >= 0.6 is 0 Å². The van der Waals surface area contributed by atoms with Gasteiger partial charge in [-0.2, -0.15) is 0 Å². The van der Waals surface area contributed by atoms with Crippen molar-refractivity contribution in [3.05, 3.63) is 11.4 Å². The lowest BCUT2D eigenvalue weighted by molar-refractivity contribution is 0.173. The largest absolute Gasteiger partial charge is 0.378 e. The monoisotopic (exact) mass is 212 g/mol. The van der Waals surface area contributed by atoms with Crippen molar-refractivity contribution in [1.82, 2.24) is 20.3 Å². The highest BCUT2D eigenvalue weighted by Gasteiger charge is 2.15. The normalized spacial score (nSPS) is 13.1. The van der Waals surface area contributed by atoms with Crippen molar-refractivity contribution in [2.75, 3.05) is 14.2 Å². The van der Waals surface area contributed by atoms with Crippen molar-refractivity contribution < 1.29 is 4.74 Å². The van der Waals surface area contributed by atoms with Crippen molar-refractivity contribution in [2.24, 2.45) is 0 Å². The van der Waals surface area contributed by atoms with Crippen LogP contribution in [0.15, 0.2) is 0 Å². The molecule has 86 valence electrons. The SMILES string of the molecule is CCC(C)n1nnc(CNC)c1COC. The molecule has 0 fully saturated rings. The zero-order chi connectivity index (χ0) is 11.3. The highest BCUT2D eigenvalue weighted by atomic mass is 16.5. The smallest absolute Gasteiger partial charge is 0.102 e. The number of ether oxygens (including phenoxy) is 1. The van der Waals surface area contributed by atoms with Crippen LogP contribution in [0.25, 0.3) is 0 Å². The number of nitrogens with zero attached hydrogens (tertiary/aromatic N) is 3. The Morgan fingerprint density at radius 1 is 1.53 bits per heavy atom. The predicted molar refractivity (Wildman–Crippen MR) is 58.5 cm³/mol. The molecule has 0 aromatic carbocycles. The van der Waals surface area contributed by atoms with Gasteiger partial charge in [-0.25, -0.2) is 4.68 Å². The first-order valence-electron chi connectivity index (χ1n) is 5.31. The molecule has 0 aliphatic carbocycles. The Balaban J connectivity index is 2.94. The van der Waals surface area contributed by atoms with E-state index in [0.717, 1.165) is 24.4 Å². The molecule has 0 amide bonds. The van der Waals surface area contributed by atoms with E-state index in [9.17, 15) is 0 Å². The van der Waals surface area contributed by atoms with Crippen molar-refractivity contribution >= 4 is 0 Å². The van der Waals surface area contributed by atoms with E-state index >= 15 is 0 Å². The Labute approximate surface area is 90.8 Å². The van der Waals surface area contributed by atoms with Crippen LogP contribution in [0.3, 0.4) is 0 Å². The van der Waals surface area contributed by atoms with Crippen LogP contribution in [-0.4, -0.2) is 29.2 Å². The molecule has 1 heterocycles. The molecule has 5 nitrogen and oxygen atoms in total. The van der Waals surface area contributed by atoms with Crippen LogP contribution in [0, 0.1) is 0 Å². The predicted octanol–water partition coefficient (Wildman–Crippen LogP) is 1.11. The van der Waals surface area contributed by atoms with Gasteiger partial charge in [0.25, 0.3) is 0 Å². The molecule has 0 aliphatic rings. The third-order valence-electron chi connectivity index (χ3n) is 2.51. The van der Waals surface area contributed by atoms with E-state index in [2.05, 4.69) is 29.5 Å². The average molecular weight is 212 g/mol. The quantitative estimate of drug-likeness (QED) is 0.767. The topological polar surface area (TPSA) is 52.0 Å². The van der Waals surface area contributed by atoms with Gasteiger partial charge in [-0.3, -0.25) is 0 Å². The highest BCUT2D eigenvalue weighted by molar-refractivity contribution is 5.09. The van der Waals surface area contributed by atoms with Gasteiger partial charge in [0.2, 0.25) is 0 Å². The van der Waals surface area contributed by atoms with E-state index in [1.54, 1.807) is 7.11 Å². The van der Waals surface area contributed by atoms with E-state index in [4.69, 9.17) is 4.74 Å². The molecule has 0 aliphatic heterocycles. The number of nitrogens with one attached hydrogen (secondary N) is 1. The summed E-state index contributed by atoms with van der Waals surface area (Å²) in [5.41, 5.74) is 2.04. The van der Waals surface area contributed by atoms with Crippen molar-refractivity contribution in [2.45, 2.75) is 39.5 Å². The summed E-state index contributed by atoms with van der Waals surface area (Å²) in [6.45, 7) is 5.57. The molecule has 0 spiro atoms. The zero-order valence-electron chi connectivity index (χ0n) is 9.95. The lowest BCUT2D eigenvalue weighted by atomic mass is 10.2. The molecule has 0 saturated heterocycles. The Morgan fingerprint density at radius 2 is 2.27 bits per heavy atom. The van der Waals surface area contributed by atoms with E-state index in [-0.39, 0.29) is 0 Å². The van der Waals surface area contributed by atoms with Gasteiger partial charge in [0, 0.05) is 13.7 Å². The van der Waals surface area contributed by atoms with Crippen molar-refractivity contribution in [3.8, 4) is 0 Å². The molecule has 15 heavy (non-hydrogen) atoms. The number of hydrogen-bond donors (Lipinski definition) is 1. The van der Waals surface area contributed by atoms with Crippen LogP contribution in [-0.2, 0) is 17.9 Å².